The third kappa shape index (κ3) is 4.11. The number of nitrogens with zero attached hydrogens (tertiary/aromatic N) is 3. The topological polar surface area (TPSA) is 71.8 Å². The molecule has 2 aromatic carbocycles. The summed E-state index contributed by atoms with van der Waals surface area (Å²) in [6.45, 7) is 2.54. The van der Waals surface area contributed by atoms with Crippen molar-refractivity contribution in [3.63, 3.8) is 0 Å². The molecule has 0 atom stereocenters. The molecule has 0 saturated carbocycles. The summed E-state index contributed by atoms with van der Waals surface area (Å²) in [5, 5.41) is 5.86. The van der Waals surface area contributed by atoms with E-state index < -0.39 is 0 Å². The first-order valence-electron chi connectivity index (χ1n) is 9.77. The number of rotatable bonds is 6. The number of amides is 2. The predicted molar refractivity (Wildman–Crippen MR) is 115 cm³/mol. The molecule has 0 aliphatic rings. The highest BCUT2D eigenvalue weighted by molar-refractivity contribution is 5.90. The van der Waals surface area contributed by atoms with Gasteiger partial charge in [-0.25, -0.2) is 14.8 Å². The first-order valence-corrected chi connectivity index (χ1v) is 9.77. The van der Waals surface area contributed by atoms with Gasteiger partial charge in [-0.1, -0.05) is 43.3 Å². The Morgan fingerprint density at radius 2 is 1.79 bits per heavy atom. The quantitative estimate of drug-likeness (QED) is 0.518. The van der Waals surface area contributed by atoms with Gasteiger partial charge in [0.15, 0.2) is 5.65 Å². The minimum atomic E-state index is -0.216. The number of hydrogen-bond donors (Lipinski definition) is 2. The maximum absolute atomic E-state index is 12.3. The van der Waals surface area contributed by atoms with Gasteiger partial charge < -0.3 is 10.6 Å². The Morgan fingerprint density at radius 1 is 1.00 bits per heavy atom. The lowest BCUT2D eigenvalue weighted by Gasteiger charge is -2.12. The zero-order valence-electron chi connectivity index (χ0n) is 16.3. The number of aromatic nitrogens is 3. The van der Waals surface area contributed by atoms with Crippen LogP contribution in [0.3, 0.4) is 0 Å². The normalized spacial score (nSPS) is 10.8. The first-order chi connectivity index (χ1) is 14.3. The second-order valence-corrected chi connectivity index (χ2v) is 6.69. The van der Waals surface area contributed by atoms with Crippen LogP contribution in [0.15, 0.2) is 72.9 Å². The molecule has 29 heavy (non-hydrogen) atoms. The first kappa shape index (κ1) is 18.7. The smallest absolute Gasteiger partial charge is 0.319 e. The number of para-hydroxylation sites is 2. The van der Waals surface area contributed by atoms with Crippen LogP contribution >= 0.6 is 0 Å². The molecule has 6 heteroatoms. The molecule has 0 unspecified atom stereocenters. The number of pyridine rings is 1. The van der Waals surface area contributed by atoms with Gasteiger partial charge in [0.2, 0.25) is 0 Å². The molecule has 0 fully saturated rings. The van der Waals surface area contributed by atoms with Gasteiger partial charge in [0.05, 0.1) is 0 Å². The van der Waals surface area contributed by atoms with E-state index in [1.165, 1.54) is 0 Å². The summed E-state index contributed by atoms with van der Waals surface area (Å²) in [5.74, 6) is 0.860. The minimum Gasteiger partial charge on any atom is -0.337 e. The Balaban J connectivity index is 1.48. The van der Waals surface area contributed by atoms with E-state index in [0.717, 1.165) is 40.3 Å². The summed E-state index contributed by atoms with van der Waals surface area (Å²) >= 11 is 0. The van der Waals surface area contributed by atoms with Crippen LogP contribution in [-0.2, 0) is 12.8 Å². The van der Waals surface area contributed by atoms with Crippen molar-refractivity contribution >= 4 is 22.9 Å². The molecule has 0 aliphatic carbocycles. The zero-order chi connectivity index (χ0) is 20.1. The van der Waals surface area contributed by atoms with Gasteiger partial charge in [0.25, 0.3) is 0 Å². The van der Waals surface area contributed by atoms with Gasteiger partial charge in [0, 0.05) is 30.5 Å². The van der Waals surface area contributed by atoms with Gasteiger partial charge in [-0.3, -0.25) is 4.57 Å². The van der Waals surface area contributed by atoms with Gasteiger partial charge in [0.1, 0.15) is 11.3 Å². The average molecular weight is 385 g/mol. The monoisotopic (exact) mass is 385 g/mol. The lowest BCUT2D eigenvalue weighted by Crippen LogP contribution is -2.31. The number of carbonyl (C=O) groups is 1. The molecule has 4 rings (SSSR count). The molecule has 0 radical (unpaired) electrons. The fourth-order valence-electron chi connectivity index (χ4n) is 3.38. The summed E-state index contributed by atoms with van der Waals surface area (Å²) < 4.78 is 2.04. The van der Waals surface area contributed by atoms with Crippen molar-refractivity contribution in [2.24, 2.45) is 0 Å². The van der Waals surface area contributed by atoms with Crippen LogP contribution in [0.5, 0.6) is 0 Å². The van der Waals surface area contributed by atoms with E-state index in [2.05, 4.69) is 22.5 Å². The van der Waals surface area contributed by atoms with Gasteiger partial charge in [-0.05, 0) is 42.3 Å². The van der Waals surface area contributed by atoms with Crippen LogP contribution in [0.2, 0.25) is 0 Å². The number of imidazole rings is 1. The molecule has 0 aliphatic heterocycles. The lowest BCUT2D eigenvalue weighted by molar-refractivity contribution is 0.252. The number of hydrogen-bond acceptors (Lipinski definition) is 3. The third-order valence-corrected chi connectivity index (χ3v) is 4.78. The van der Waals surface area contributed by atoms with Crippen LogP contribution in [0.4, 0.5) is 10.5 Å². The van der Waals surface area contributed by atoms with E-state index in [1.807, 2.05) is 71.3 Å². The number of carbonyl (C=O) groups excluding carboxylic acids is 1. The van der Waals surface area contributed by atoms with Crippen molar-refractivity contribution in [3.8, 4) is 5.69 Å². The molecule has 6 nitrogen and oxygen atoms in total. The van der Waals surface area contributed by atoms with E-state index >= 15 is 0 Å². The summed E-state index contributed by atoms with van der Waals surface area (Å²) in [4.78, 5) is 21.6. The summed E-state index contributed by atoms with van der Waals surface area (Å²) in [7, 11) is 0. The molecule has 4 aromatic rings. The molecule has 0 bridgehead atoms. The van der Waals surface area contributed by atoms with Crippen molar-refractivity contribution in [1.82, 2.24) is 19.9 Å². The number of benzene rings is 2. The van der Waals surface area contributed by atoms with E-state index in [0.29, 0.717) is 13.0 Å². The number of nitrogens with one attached hydrogen (secondary N) is 2. The molecule has 146 valence electrons. The van der Waals surface area contributed by atoms with Crippen molar-refractivity contribution in [2.75, 3.05) is 11.9 Å². The fourth-order valence-corrected chi connectivity index (χ4v) is 3.38. The molecule has 2 aromatic heterocycles. The number of anilines is 1. The number of aryl methyl sites for hydroxylation is 1. The van der Waals surface area contributed by atoms with E-state index in [4.69, 9.17) is 4.98 Å². The third-order valence-electron chi connectivity index (χ3n) is 4.78. The average Bonchev–Trinajstić information content (AvgIpc) is 3.13. The Morgan fingerprint density at radius 3 is 2.62 bits per heavy atom. The molecular formula is C23H23N5O. The Kier molecular flexibility index (Phi) is 5.52. The number of urea groups is 1. The second kappa shape index (κ2) is 8.56. The summed E-state index contributed by atoms with van der Waals surface area (Å²) in [6.07, 6.45) is 3.22. The molecule has 2 heterocycles. The SMILES string of the molecule is CCc1ccccc1NC(=O)NCCc1nc2cccnc2n1-c1ccccc1. The van der Waals surface area contributed by atoms with E-state index in [-0.39, 0.29) is 6.03 Å². The van der Waals surface area contributed by atoms with Gasteiger partial charge in [-0.15, -0.1) is 0 Å². The van der Waals surface area contributed by atoms with Gasteiger partial charge >= 0.3 is 6.03 Å². The summed E-state index contributed by atoms with van der Waals surface area (Å²) in [6, 6.07) is 21.5. The molecule has 0 spiro atoms. The molecule has 0 saturated heterocycles. The van der Waals surface area contributed by atoms with Crippen molar-refractivity contribution in [3.05, 3.63) is 84.3 Å². The Labute approximate surface area is 169 Å². The fraction of sp³-hybridized carbons (Fsp3) is 0.174. The van der Waals surface area contributed by atoms with Crippen LogP contribution < -0.4 is 10.6 Å². The van der Waals surface area contributed by atoms with Crippen LogP contribution in [-0.4, -0.2) is 27.1 Å². The highest BCUT2D eigenvalue weighted by Gasteiger charge is 2.13. The number of fused-ring (bicyclic) bond motifs is 1. The highest BCUT2D eigenvalue weighted by atomic mass is 16.2. The largest absolute Gasteiger partial charge is 0.337 e. The highest BCUT2D eigenvalue weighted by Crippen LogP contribution is 2.20. The molecular weight excluding hydrogens is 362 g/mol. The maximum Gasteiger partial charge on any atom is 0.319 e. The molecule has 2 amide bonds. The zero-order valence-corrected chi connectivity index (χ0v) is 16.3. The predicted octanol–water partition coefficient (Wildman–Crippen LogP) is 4.35. The van der Waals surface area contributed by atoms with Crippen LogP contribution in [0.25, 0.3) is 16.9 Å². The Bertz CT molecular complexity index is 1120. The molecule has 2 N–H and O–H groups in total. The van der Waals surface area contributed by atoms with E-state index in [9.17, 15) is 4.79 Å². The standard InChI is InChI=1S/C23H23N5O/c1-2-17-9-6-7-12-19(17)27-23(29)25-16-14-21-26-20-13-8-15-24-22(20)28(21)18-10-4-3-5-11-18/h3-13,15H,2,14,16H2,1H3,(H2,25,27,29). The minimum absolute atomic E-state index is 0.216. The Hall–Kier alpha value is -3.67. The second-order valence-electron chi connectivity index (χ2n) is 6.69. The van der Waals surface area contributed by atoms with Crippen molar-refractivity contribution in [2.45, 2.75) is 19.8 Å². The summed E-state index contributed by atoms with van der Waals surface area (Å²) in [5.41, 5.74) is 4.61. The van der Waals surface area contributed by atoms with Crippen LogP contribution in [0, 0.1) is 0 Å². The van der Waals surface area contributed by atoms with Crippen molar-refractivity contribution in [1.29, 1.82) is 0 Å². The van der Waals surface area contributed by atoms with Crippen LogP contribution in [0.1, 0.15) is 18.3 Å². The van der Waals surface area contributed by atoms with Crippen molar-refractivity contribution < 1.29 is 4.79 Å². The lowest BCUT2D eigenvalue weighted by atomic mass is 10.1. The van der Waals surface area contributed by atoms with E-state index in [1.54, 1.807) is 6.20 Å². The van der Waals surface area contributed by atoms with Gasteiger partial charge in [-0.2, -0.15) is 0 Å². The maximum atomic E-state index is 12.3.